The Hall–Kier alpha value is -3.61. The smallest absolute Gasteiger partial charge is 0.279 e. The monoisotopic (exact) mass is 530 g/mol. The zero-order valence-corrected chi connectivity index (χ0v) is 21.6. The zero-order valence-electron chi connectivity index (χ0n) is 20.0. The summed E-state index contributed by atoms with van der Waals surface area (Å²) in [7, 11) is 3.49. The fourth-order valence-electron chi connectivity index (χ4n) is 4.15. The normalized spacial score (nSPS) is 12.3. The van der Waals surface area contributed by atoms with Gasteiger partial charge >= 0.3 is 0 Å². The van der Waals surface area contributed by atoms with E-state index < -0.39 is 11.7 Å². The van der Waals surface area contributed by atoms with Crippen LogP contribution in [0.1, 0.15) is 34.1 Å². The highest BCUT2D eigenvalue weighted by molar-refractivity contribution is 6.30. The van der Waals surface area contributed by atoms with E-state index in [1.807, 2.05) is 30.0 Å². The Bertz CT molecular complexity index is 1390. The molecule has 1 aliphatic rings. The molecule has 0 fully saturated rings. The number of nitriles is 1. The molecule has 0 atom stereocenters. The average molecular weight is 531 g/mol. The summed E-state index contributed by atoms with van der Waals surface area (Å²) in [5.74, 6) is -0.837. The molecular formula is C25H25Cl2FN6O2. The van der Waals surface area contributed by atoms with E-state index in [9.17, 15) is 14.0 Å². The van der Waals surface area contributed by atoms with E-state index >= 15 is 0 Å². The molecule has 11 heteroatoms. The molecule has 36 heavy (non-hydrogen) atoms. The minimum Gasteiger partial charge on any atom is -0.334 e. The van der Waals surface area contributed by atoms with E-state index in [1.54, 1.807) is 31.2 Å². The van der Waals surface area contributed by atoms with E-state index in [2.05, 4.69) is 0 Å². The van der Waals surface area contributed by atoms with E-state index in [0.717, 1.165) is 11.8 Å². The number of rotatable bonds is 5. The number of benzene rings is 2. The second kappa shape index (κ2) is 11.0. The topological polar surface area (TPSA) is 85.5 Å². The molecule has 0 spiro atoms. The molecule has 1 aliphatic heterocycles. The highest BCUT2D eigenvalue weighted by Crippen LogP contribution is 2.27. The maximum absolute atomic E-state index is 14.5. The van der Waals surface area contributed by atoms with Crippen molar-refractivity contribution in [2.24, 2.45) is 0 Å². The Morgan fingerprint density at radius 3 is 2.50 bits per heavy atom. The van der Waals surface area contributed by atoms with Crippen molar-refractivity contribution in [3.63, 3.8) is 0 Å². The van der Waals surface area contributed by atoms with Crippen molar-refractivity contribution in [1.82, 2.24) is 14.6 Å². The van der Waals surface area contributed by atoms with Gasteiger partial charge in [-0.05, 0) is 49.4 Å². The fourth-order valence-corrected chi connectivity index (χ4v) is 4.28. The first kappa shape index (κ1) is 27.0. The quantitative estimate of drug-likeness (QED) is 0.497. The predicted octanol–water partition coefficient (Wildman–Crippen LogP) is 3.88. The van der Waals surface area contributed by atoms with Gasteiger partial charge in [0, 0.05) is 44.3 Å². The van der Waals surface area contributed by atoms with Crippen LogP contribution in [0.15, 0.2) is 47.3 Å². The molecule has 0 saturated heterocycles. The number of aromatic nitrogens is 2. The molecule has 0 radical (unpaired) electrons. The highest BCUT2D eigenvalue weighted by atomic mass is 35.5. The SMILES string of the molecule is CCN(c1ccc(Cl)cc1)c1nc2c(c(=O)n1N(C)C)CN(C(=O)c1ccc(C#N)cc1F)CC2.Cl. The molecule has 0 unspecified atom stereocenters. The van der Waals surface area contributed by atoms with Gasteiger partial charge in [0.2, 0.25) is 5.95 Å². The molecule has 3 aromatic rings. The van der Waals surface area contributed by atoms with E-state index in [0.29, 0.717) is 35.2 Å². The Labute approximate surface area is 219 Å². The zero-order chi connectivity index (χ0) is 25.3. The van der Waals surface area contributed by atoms with Gasteiger partial charge in [-0.2, -0.15) is 9.94 Å². The van der Waals surface area contributed by atoms with Crippen LogP contribution in [0.3, 0.4) is 0 Å². The van der Waals surface area contributed by atoms with E-state index in [-0.39, 0.29) is 42.2 Å². The lowest BCUT2D eigenvalue weighted by atomic mass is 10.0. The maximum atomic E-state index is 14.5. The van der Waals surface area contributed by atoms with E-state index in [1.165, 1.54) is 21.7 Å². The number of anilines is 2. The summed E-state index contributed by atoms with van der Waals surface area (Å²) in [6, 6.07) is 12.9. The second-order valence-electron chi connectivity index (χ2n) is 8.31. The van der Waals surface area contributed by atoms with E-state index in [4.69, 9.17) is 21.8 Å². The van der Waals surface area contributed by atoms with Crippen LogP contribution in [-0.2, 0) is 13.0 Å². The third kappa shape index (κ3) is 5.01. The molecule has 1 aromatic heterocycles. The predicted molar refractivity (Wildman–Crippen MR) is 140 cm³/mol. The van der Waals surface area contributed by atoms with Gasteiger partial charge in [-0.1, -0.05) is 11.6 Å². The number of nitrogens with zero attached hydrogens (tertiary/aromatic N) is 6. The lowest BCUT2D eigenvalue weighted by Gasteiger charge is -2.33. The molecule has 4 rings (SSSR count). The van der Waals surface area contributed by atoms with Crippen molar-refractivity contribution < 1.29 is 9.18 Å². The van der Waals surface area contributed by atoms with Crippen molar-refractivity contribution in [1.29, 1.82) is 5.26 Å². The molecule has 188 valence electrons. The first-order valence-corrected chi connectivity index (χ1v) is 11.5. The standard InChI is InChI=1S/C25H24ClFN6O2.ClH/c1-4-32(18-8-6-17(26)7-9-18)25-29-22-11-12-31(15-20(22)24(35)33(25)30(2)3)23(34)19-10-5-16(14-28)13-21(19)27;/h5-10,13H,4,11-12,15H2,1-3H3;1H. The summed E-state index contributed by atoms with van der Waals surface area (Å²) < 4.78 is 15.9. The Morgan fingerprint density at radius 2 is 1.92 bits per heavy atom. The highest BCUT2D eigenvalue weighted by Gasteiger charge is 2.30. The van der Waals surface area contributed by atoms with Gasteiger partial charge < -0.3 is 14.8 Å². The van der Waals surface area contributed by atoms with Crippen LogP contribution in [0.5, 0.6) is 0 Å². The van der Waals surface area contributed by atoms with Gasteiger partial charge in [-0.15, -0.1) is 12.4 Å². The van der Waals surface area contributed by atoms with Crippen LogP contribution in [0, 0.1) is 17.1 Å². The van der Waals surface area contributed by atoms with Gasteiger partial charge in [0.25, 0.3) is 11.5 Å². The summed E-state index contributed by atoms with van der Waals surface area (Å²) >= 11 is 6.05. The van der Waals surface area contributed by atoms with Crippen LogP contribution in [0.4, 0.5) is 16.0 Å². The third-order valence-corrected chi connectivity index (χ3v) is 6.15. The Morgan fingerprint density at radius 1 is 1.22 bits per heavy atom. The van der Waals surface area contributed by atoms with Gasteiger partial charge in [0.1, 0.15) is 5.82 Å². The number of carbonyl (C=O) groups is 1. The number of hydrogen-bond acceptors (Lipinski definition) is 6. The van der Waals surface area contributed by atoms with Crippen molar-refractivity contribution in [3.05, 3.63) is 86.0 Å². The van der Waals surface area contributed by atoms with Crippen molar-refractivity contribution in [2.45, 2.75) is 19.9 Å². The summed E-state index contributed by atoms with van der Waals surface area (Å²) in [5.41, 5.74) is 1.55. The molecule has 1 amide bonds. The largest absolute Gasteiger partial charge is 0.334 e. The van der Waals surface area contributed by atoms with Gasteiger partial charge in [0.05, 0.1) is 35.0 Å². The molecule has 0 saturated carbocycles. The van der Waals surface area contributed by atoms with Crippen molar-refractivity contribution >= 4 is 41.6 Å². The summed E-state index contributed by atoms with van der Waals surface area (Å²) in [6.45, 7) is 2.83. The molecular weight excluding hydrogens is 506 g/mol. The number of halogens is 3. The number of amides is 1. The summed E-state index contributed by atoms with van der Waals surface area (Å²) in [4.78, 5) is 34.9. The van der Waals surface area contributed by atoms with Crippen molar-refractivity contribution in [2.75, 3.05) is 37.1 Å². The van der Waals surface area contributed by atoms with Crippen LogP contribution in [0.2, 0.25) is 5.02 Å². The molecule has 2 aromatic carbocycles. The summed E-state index contributed by atoms with van der Waals surface area (Å²) in [6.07, 6.45) is 0.355. The lowest BCUT2D eigenvalue weighted by molar-refractivity contribution is 0.0727. The van der Waals surface area contributed by atoms with Crippen molar-refractivity contribution in [3.8, 4) is 6.07 Å². The molecule has 0 aliphatic carbocycles. The van der Waals surface area contributed by atoms with Gasteiger partial charge in [0.15, 0.2) is 0 Å². The molecule has 8 nitrogen and oxygen atoms in total. The van der Waals surface area contributed by atoms with Crippen LogP contribution in [0.25, 0.3) is 0 Å². The Kier molecular flexibility index (Phi) is 8.23. The third-order valence-electron chi connectivity index (χ3n) is 5.90. The molecule has 2 heterocycles. The minimum absolute atomic E-state index is 0. The Balaban J connectivity index is 0.00000361. The van der Waals surface area contributed by atoms with Gasteiger partial charge in [-0.25, -0.2) is 9.37 Å². The molecule has 0 bridgehead atoms. The second-order valence-corrected chi connectivity index (χ2v) is 8.74. The number of hydrogen-bond donors (Lipinski definition) is 0. The average Bonchev–Trinajstić information content (AvgIpc) is 2.84. The van der Waals surface area contributed by atoms with Gasteiger partial charge in [-0.3, -0.25) is 9.59 Å². The van der Waals surface area contributed by atoms with Crippen LogP contribution < -0.4 is 15.5 Å². The lowest BCUT2D eigenvalue weighted by Crippen LogP contribution is -2.46. The molecule has 0 N–H and O–H groups in total. The van der Waals surface area contributed by atoms with Crippen LogP contribution in [-0.4, -0.2) is 47.7 Å². The first-order valence-electron chi connectivity index (χ1n) is 11.1. The number of carbonyl (C=O) groups excluding carboxylic acids is 1. The summed E-state index contributed by atoms with van der Waals surface area (Å²) in [5, 5.41) is 11.2. The fraction of sp³-hybridized carbons (Fsp3) is 0.280. The first-order chi connectivity index (χ1) is 16.7. The number of fused-ring (bicyclic) bond motifs is 1. The maximum Gasteiger partial charge on any atom is 0.279 e. The minimum atomic E-state index is -0.763. The van der Waals surface area contributed by atoms with Crippen LogP contribution >= 0.6 is 24.0 Å².